The molecule has 5 nitrogen and oxygen atoms in total. The highest BCUT2D eigenvalue weighted by Crippen LogP contribution is 2.17. The van der Waals surface area contributed by atoms with Gasteiger partial charge in [-0.2, -0.15) is 0 Å². The average Bonchev–Trinajstić information content (AvgIpc) is 2.81. The summed E-state index contributed by atoms with van der Waals surface area (Å²) in [7, 11) is -3.55. The molecule has 0 atom stereocenters. The summed E-state index contributed by atoms with van der Waals surface area (Å²) >= 11 is 2.16. The third-order valence-electron chi connectivity index (χ3n) is 2.34. The van der Waals surface area contributed by atoms with Crippen molar-refractivity contribution in [2.24, 2.45) is 5.73 Å². The molecule has 4 N–H and O–H groups in total. The highest BCUT2D eigenvalue weighted by Gasteiger charge is 2.15. The van der Waals surface area contributed by atoms with Crippen LogP contribution >= 0.6 is 22.6 Å². The molecule has 18 heavy (non-hydrogen) atoms. The van der Waals surface area contributed by atoms with Crippen LogP contribution in [0.25, 0.3) is 0 Å². The van der Waals surface area contributed by atoms with Gasteiger partial charge in [0.2, 0.25) is 0 Å². The Morgan fingerprint density at radius 2 is 1.94 bits per heavy atom. The number of hydrogen-bond donors (Lipinski definition) is 3. The van der Waals surface area contributed by atoms with Crippen LogP contribution < -0.4 is 10.5 Å². The second-order valence-corrected chi connectivity index (χ2v) is 6.61. The zero-order valence-corrected chi connectivity index (χ0v) is 12.3. The molecule has 0 spiro atoms. The number of H-pyrrole nitrogens is 1. The molecule has 0 bridgehead atoms. The quantitative estimate of drug-likeness (QED) is 0.711. The van der Waals surface area contributed by atoms with Crippen LogP contribution in [0.1, 0.15) is 5.69 Å². The Morgan fingerprint density at radius 1 is 1.28 bits per heavy atom. The van der Waals surface area contributed by atoms with E-state index in [0.29, 0.717) is 11.4 Å². The Kier molecular flexibility index (Phi) is 3.93. The van der Waals surface area contributed by atoms with Crippen molar-refractivity contribution >= 4 is 38.3 Å². The van der Waals surface area contributed by atoms with E-state index in [1.807, 2.05) is 12.1 Å². The molecule has 96 valence electrons. The molecule has 1 aromatic carbocycles. The van der Waals surface area contributed by atoms with Crippen LogP contribution in [0.5, 0.6) is 0 Å². The van der Waals surface area contributed by atoms with Gasteiger partial charge in [0.25, 0.3) is 10.0 Å². The van der Waals surface area contributed by atoms with Crippen molar-refractivity contribution in [3.63, 3.8) is 0 Å². The summed E-state index contributed by atoms with van der Waals surface area (Å²) < 4.78 is 27.6. The van der Waals surface area contributed by atoms with E-state index >= 15 is 0 Å². The smallest absolute Gasteiger partial charge is 0.263 e. The number of sulfonamides is 1. The van der Waals surface area contributed by atoms with Crippen LogP contribution in [-0.4, -0.2) is 13.4 Å². The second kappa shape index (κ2) is 5.29. The van der Waals surface area contributed by atoms with Gasteiger partial charge in [-0.1, -0.05) is 0 Å². The van der Waals surface area contributed by atoms with Crippen molar-refractivity contribution in [1.82, 2.24) is 4.98 Å². The summed E-state index contributed by atoms with van der Waals surface area (Å²) in [5.74, 6) is 0. The molecule has 1 heterocycles. The summed E-state index contributed by atoms with van der Waals surface area (Å²) in [6, 6.07) is 8.63. The standard InChI is InChI=1S/C11H12IN3O2S/c12-8-1-3-9(4-2-8)15-18(16,17)11-5-10(6-13)14-7-11/h1-5,7,14-15H,6,13H2. The van der Waals surface area contributed by atoms with Crippen molar-refractivity contribution in [2.45, 2.75) is 11.4 Å². The number of anilines is 1. The number of rotatable bonds is 4. The number of aromatic amines is 1. The third kappa shape index (κ3) is 3.03. The minimum atomic E-state index is -3.55. The van der Waals surface area contributed by atoms with Crippen molar-refractivity contribution in [1.29, 1.82) is 0 Å². The van der Waals surface area contributed by atoms with E-state index in [0.717, 1.165) is 3.57 Å². The Labute approximate surface area is 119 Å². The molecule has 0 aliphatic rings. The summed E-state index contributed by atoms with van der Waals surface area (Å²) in [6.45, 7) is 0.277. The Bertz CT molecular complexity index is 635. The number of hydrogen-bond acceptors (Lipinski definition) is 3. The summed E-state index contributed by atoms with van der Waals surface area (Å²) in [6.07, 6.45) is 1.43. The maximum atomic E-state index is 12.0. The van der Waals surface area contributed by atoms with Gasteiger partial charge in [0.1, 0.15) is 4.90 Å². The van der Waals surface area contributed by atoms with Crippen LogP contribution in [0, 0.1) is 3.57 Å². The Hall–Kier alpha value is -1.06. The molecule has 2 aromatic rings. The maximum absolute atomic E-state index is 12.0. The van der Waals surface area contributed by atoms with Gasteiger partial charge in [0.15, 0.2) is 0 Å². The minimum absolute atomic E-state index is 0.182. The van der Waals surface area contributed by atoms with E-state index < -0.39 is 10.0 Å². The highest BCUT2D eigenvalue weighted by molar-refractivity contribution is 14.1. The first-order valence-corrected chi connectivity index (χ1v) is 7.73. The molecule has 7 heteroatoms. The number of halogens is 1. The third-order valence-corrected chi connectivity index (χ3v) is 4.42. The SMILES string of the molecule is NCc1cc(S(=O)(=O)Nc2ccc(I)cc2)c[nH]1. The molecule has 0 saturated carbocycles. The highest BCUT2D eigenvalue weighted by atomic mass is 127. The lowest BCUT2D eigenvalue weighted by molar-refractivity contribution is 0.601. The predicted molar refractivity (Wildman–Crippen MR) is 78.7 cm³/mol. The molecule has 0 radical (unpaired) electrons. The molecule has 0 saturated heterocycles. The second-order valence-electron chi connectivity index (χ2n) is 3.68. The topological polar surface area (TPSA) is 88.0 Å². The molecule has 0 aliphatic heterocycles. The first-order chi connectivity index (χ1) is 8.51. The van der Waals surface area contributed by atoms with E-state index in [1.54, 1.807) is 12.1 Å². The summed E-state index contributed by atoms with van der Waals surface area (Å²) in [4.78, 5) is 2.99. The average molecular weight is 377 g/mol. The van der Waals surface area contributed by atoms with Gasteiger partial charge in [0.05, 0.1) is 0 Å². The largest absolute Gasteiger partial charge is 0.363 e. The van der Waals surface area contributed by atoms with Crippen molar-refractivity contribution < 1.29 is 8.42 Å². The van der Waals surface area contributed by atoms with Gasteiger partial charge in [-0.05, 0) is 52.9 Å². The number of nitrogens with two attached hydrogens (primary N) is 1. The van der Waals surface area contributed by atoms with Crippen LogP contribution in [0.4, 0.5) is 5.69 Å². The molecular formula is C11H12IN3O2S. The van der Waals surface area contributed by atoms with Crippen molar-refractivity contribution in [2.75, 3.05) is 4.72 Å². The zero-order chi connectivity index (χ0) is 13.2. The summed E-state index contributed by atoms with van der Waals surface area (Å²) in [5.41, 5.74) is 6.64. The number of nitrogens with one attached hydrogen (secondary N) is 2. The first-order valence-electron chi connectivity index (χ1n) is 5.17. The molecule has 0 aliphatic carbocycles. The van der Waals surface area contributed by atoms with Gasteiger partial charge in [-0.3, -0.25) is 4.72 Å². The minimum Gasteiger partial charge on any atom is -0.363 e. The fraction of sp³-hybridized carbons (Fsp3) is 0.0909. The van der Waals surface area contributed by atoms with E-state index in [-0.39, 0.29) is 11.4 Å². The van der Waals surface area contributed by atoms with Crippen LogP contribution in [0.3, 0.4) is 0 Å². The first kappa shape index (κ1) is 13.4. The predicted octanol–water partition coefficient (Wildman–Crippen LogP) is 1.88. The molecule has 0 fully saturated rings. The lowest BCUT2D eigenvalue weighted by Crippen LogP contribution is -2.12. The number of benzene rings is 1. The van der Waals surface area contributed by atoms with Gasteiger partial charge < -0.3 is 10.7 Å². The van der Waals surface area contributed by atoms with Crippen LogP contribution in [0.2, 0.25) is 0 Å². The molecule has 2 rings (SSSR count). The Morgan fingerprint density at radius 3 is 2.50 bits per heavy atom. The van der Waals surface area contributed by atoms with Gasteiger partial charge in [-0.25, -0.2) is 8.42 Å². The van der Waals surface area contributed by atoms with Gasteiger partial charge >= 0.3 is 0 Å². The monoisotopic (exact) mass is 377 g/mol. The van der Waals surface area contributed by atoms with E-state index in [4.69, 9.17) is 5.73 Å². The van der Waals surface area contributed by atoms with Crippen LogP contribution in [-0.2, 0) is 16.6 Å². The lowest BCUT2D eigenvalue weighted by Gasteiger charge is -2.06. The summed E-state index contributed by atoms with van der Waals surface area (Å²) in [5, 5.41) is 0. The lowest BCUT2D eigenvalue weighted by atomic mass is 10.3. The molecular weight excluding hydrogens is 365 g/mol. The zero-order valence-electron chi connectivity index (χ0n) is 9.35. The van der Waals surface area contributed by atoms with Crippen LogP contribution in [0.15, 0.2) is 41.4 Å². The normalized spacial score (nSPS) is 11.4. The number of aromatic nitrogens is 1. The molecule has 0 unspecified atom stereocenters. The van der Waals surface area contributed by atoms with Crippen molar-refractivity contribution in [3.8, 4) is 0 Å². The van der Waals surface area contributed by atoms with Gasteiger partial charge in [-0.15, -0.1) is 0 Å². The van der Waals surface area contributed by atoms with Gasteiger partial charge in [0, 0.05) is 27.7 Å². The maximum Gasteiger partial charge on any atom is 0.263 e. The fourth-order valence-corrected chi connectivity index (χ4v) is 2.86. The van der Waals surface area contributed by atoms with E-state index in [1.165, 1.54) is 12.3 Å². The van der Waals surface area contributed by atoms with Crippen molar-refractivity contribution in [3.05, 3.63) is 45.8 Å². The molecule has 0 amide bonds. The van der Waals surface area contributed by atoms with E-state index in [9.17, 15) is 8.42 Å². The molecule has 1 aromatic heterocycles. The fourth-order valence-electron chi connectivity index (χ4n) is 1.42. The van der Waals surface area contributed by atoms with E-state index in [2.05, 4.69) is 32.3 Å². The Balaban J connectivity index is 2.24.